The summed E-state index contributed by atoms with van der Waals surface area (Å²) in [6, 6.07) is 3.86. The molecule has 0 N–H and O–H groups in total. The van der Waals surface area contributed by atoms with E-state index in [1.165, 1.54) is 0 Å². The van der Waals surface area contributed by atoms with Gasteiger partial charge < -0.3 is 9.30 Å². The fourth-order valence-electron chi connectivity index (χ4n) is 4.14. The fourth-order valence-corrected chi connectivity index (χ4v) is 4.14. The molecule has 1 atom stereocenters. The minimum Gasteiger partial charge on any atom is -0.494 e. The quantitative estimate of drug-likeness (QED) is 0.399. The van der Waals surface area contributed by atoms with Crippen LogP contribution in [0.5, 0.6) is 5.75 Å². The van der Waals surface area contributed by atoms with Gasteiger partial charge in [0.2, 0.25) is 0 Å². The Kier molecular flexibility index (Phi) is 5.64. The number of fused-ring (bicyclic) bond motifs is 1. The zero-order chi connectivity index (χ0) is 23.8. The van der Waals surface area contributed by atoms with Crippen LogP contribution in [-0.4, -0.2) is 36.4 Å². The highest BCUT2D eigenvalue weighted by molar-refractivity contribution is 5.66. The topological polar surface area (TPSA) is 70.7 Å². The van der Waals surface area contributed by atoms with Gasteiger partial charge in [0.1, 0.15) is 17.3 Å². The molecule has 34 heavy (non-hydrogen) atoms. The van der Waals surface area contributed by atoms with E-state index < -0.39 is 17.5 Å². The summed E-state index contributed by atoms with van der Waals surface area (Å²) in [5, 5.41) is 4.50. The predicted octanol–water partition coefficient (Wildman–Crippen LogP) is 4.69. The van der Waals surface area contributed by atoms with E-state index in [1.807, 2.05) is 17.7 Å². The first-order chi connectivity index (χ1) is 16.4. The molecule has 0 saturated heterocycles. The van der Waals surface area contributed by atoms with E-state index in [0.29, 0.717) is 41.6 Å². The Balaban J connectivity index is 1.42. The molecule has 0 saturated carbocycles. The maximum absolute atomic E-state index is 13.8. The maximum atomic E-state index is 13.8. The second-order valence-electron chi connectivity index (χ2n) is 8.08. The SMILES string of the molecule is COc1cc(/C=C/c2nc3n(n2)CCC[C@H]3c2cc(F)c(F)c(F)c2)ncc1-n1cnc(C)c1. The smallest absolute Gasteiger partial charge is 0.194 e. The third-order valence-electron chi connectivity index (χ3n) is 5.78. The van der Waals surface area contributed by atoms with Crippen molar-refractivity contribution in [3.8, 4) is 11.4 Å². The molecule has 0 bridgehead atoms. The second-order valence-corrected chi connectivity index (χ2v) is 8.08. The minimum atomic E-state index is -1.47. The summed E-state index contributed by atoms with van der Waals surface area (Å²) in [4.78, 5) is 13.3. The Bertz CT molecular complexity index is 1370. The Morgan fingerprint density at radius 2 is 1.88 bits per heavy atom. The van der Waals surface area contributed by atoms with Crippen molar-refractivity contribution in [1.29, 1.82) is 0 Å². The fraction of sp³-hybridized carbons (Fsp3) is 0.250. The number of halogens is 3. The van der Waals surface area contributed by atoms with Gasteiger partial charge in [-0.1, -0.05) is 0 Å². The van der Waals surface area contributed by atoms with Gasteiger partial charge in [-0.15, -0.1) is 0 Å². The van der Waals surface area contributed by atoms with Crippen molar-refractivity contribution < 1.29 is 17.9 Å². The standard InChI is InChI=1S/C24H21F3N6O/c1-14-12-32(13-29-14)20-11-28-16(10-21(20)34-2)5-6-22-30-24-17(4-3-7-33(24)31-22)15-8-18(25)23(27)19(26)9-15/h5-6,8-13,17H,3-4,7H2,1-2H3/b6-5+/t17-/m0/s1. The van der Waals surface area contributed by atoms with Crippen LogP contribution in [0.2, 0.25) is 0 Å². The molecule has 0 spiro atoms. The summed E-state index contributed by atoms with van der Waals surface area (Å²) in [6.45, 7) is 2.54. The predicted molar refractivity (Wildman–Crippen MR) is 119 cm³/mol. The van der Waals surface area contributed by atoms with Crippen LogP contribution >= 0.6 is 0 Å². The molecule has 1 aliphatic rings. The third-order valence-corrected chi connectivity index (χ3v) is 5.78. The number of ether oxygens (including phenoxy) is 1. The molecule has 0 aliphatic carbocycles. The number of pyridine rings is 1. The Morgan fingerprint density at radius 1 is 1.09 bits per heavy atom. The average Bonchev–Trinajstić information content (AvgIpc) is 3.46. The van der Waals surface area contributed by atoms with E-state index >= 15 is 0 Å². The summed E-state index contributed by atoms with van der Waals surface area (Å²) in [5.74, 6) is -2.59. The van der Waals surface area contributed by atoms with Gasteiger partial charge >= 0.3 is 0 Å². The number of methoxy groups -OCH3 is 1. The van der Waals surface area contributed by atoms with Gasteiger partial charge in [0.25, 0.3) is 0 Å². The van der Waals surface area contributed by atoms with Gasteiger partial charge in [0.15, 0.2) is 23.3 Å². The number of aryl methyl sites for hydroxylation is 2. The first kappa shape index (κ1) is 21.9. The third kappa shape index (κ3) is 4.07. The van der Waals surface area contributed by atoms with E-state index in [-0.39, 0.29) is 5.92 Å². The molecule has 10 heteroatoms. The molecule has 1 aliphatic heterocycles. The molecule has 3 aromatic heterocycles. The summed E-state index contributed by atoms with van der Waals surface area (Å²) in [6.07, 6.45) is 10.1. The van der Waals surface area contributed by atoms with Gasteiger partial charge in [-0.25, -0.2) is 27.8 Å². The zero-order valence-electron chi connectivity index (χ0n) is 18.5. The van der Waals surface area contributed by atoms with Gasteiger partial charge in [-0.3, -0.25) is 4.98 Å². The van der Waals surface area contributed by atoms with Gasteiger partial charge in [-0.05, 0) is 49.6 Å². The maximum Gasteiger partial charge on any atom is 0.194 e. The molecule has 5 rings (SSSR count). The minimum absolute atomic E-state index is 0.344. The van der Waals surface area contributed by atoms with Crippen LogP contribution in [0.1, 0.15) is 47.4 Å². The molecule has 4 heterocycles. The number of benzene rings is 1. The summed E-state index contributed by atoms with van der Waals surface area (Å²) in [7, 11) is 1.59. The van der Waals surface area contributed by atoms with Gasteiger partial charge in [0.05, 0.1) is 31.0 Å². The Morgan fingerprint density at radius 3 is 2.59 bits per heavy atom. The highest BCUT2D eigenvalue weighted by Gasteiger charge is 2.27. The van der Waals surface area contributed by atoms with Crippen molar-refractivity contribution in [2.24, 2.45) is 0 Å². The van der Waals surface area contributed by atoms with Crippen molar-refractivity contribution >= 4 is 12.2 Å². The van der Waals surface area contributed by atoms with Crippen LogP contribution in [0.15, 0.2) is 36.9 Å². The number of hydrogen-bond donors (Lipinski definition) is 0. The van der Waals surface area contributed by atoms with E-state index in [2.05, 4.69) is 20.1 Å². The lowest BCUT2D eigenvalue weighted by molar-refractivity contribution is 0.412. The molecule has 4 aromatic rings. The molecule has 174 valence electrons. The van der Waals surface area contributed by atoms with Crippen molar-refractivity contribution in [1.82, 2.24) is 29.3 Å². The van der Waals surface area contributed by atoms with Crippen molar-refractivity contribution in [3.63, 3.8) is 0 Å². The molecule has 0 unspecified atom stereocenters. The first-order valence-electron chi connectivity index (χ1n) is 10.7. The van der Waals surface area contributed by atoms with Gasteiger partial charge in [0, 0.05) is 24.7 Å². The summed E-state index contributed by atoms with van der Waals surface area (Å²) in [5.41, 5.74) is 2.63. The highest BCUT2D eigenvalue weighted by atomic mass is 19.2. The largest absolute Gasteiger partial charge is 0.494 e. The number of aromatic nitrogens is 6. The van der Waals surface area contributed by atoms with Crippen molar-refractivity contribution in [2.45, 2.75) is 32.2 Å². The summed E-state index contributed by atoms with van der Waals surface area (Å²) < 4.78 is 50.1. The Hall–Kier alpha value is -3.95. The van der Waals surface area contributed by atoms with E-state index in [9.17, 15) is 13.2 Å². The molecule has 7 nitrogen and oxygen atoms in total. The van der Waals surface area contributed by atoms with E-state index in [4.69, 9.17) is 4.74 Å². The van der Waals surface area contributed by atoms with Crippen LogP contribution in [0, 0.1) is 24.4 Å². The zero-order valence-corrected chi connectivity index (χ0v) is 18.5. The van der Waals surface area contributed by atoms with Crippen LogP contribution < -0.4 is 4.74 Å². The van der Waals surface area contributed by atoms with Crippen molar-refractivity contribution in [2.75, 3.05) is 7.11 Å². The monoisotopic (exact) mass is 466 g/mol. The molecule has 1 aromatic carbocycles. The van der Waals surface area contributed by atoms with Crippen LogP contribution in [0.25, 0.3) is 17.8 Å². The molecular weight excluding hydrogens is 445 g/mol. The van der Waals surface area contributed by atoms with Gasteiger partial charge in [-0.2, -0.15) is 5.10 Å². The van der Waals surface area contributed by atoms with Crippen molar-refractivity contribution in [3.05, 3.63) is 83.0 Å². The second kappa shape index (κ2) is 8.77. The first-order valence-corrected chi connectivity index (χ1v) is 10.7. The number of nitrogens with zero attached hydrogens (tertiary/aromatic N) is 6. The lowest BCUT2D eigenvalue weighted by Crippen LogP contribution is -2.18. The average molecular weight is 466 g/mol. The van der Waals surface area contributed by atoms with E-state index in [0.717, 1.165) is 29.9 Å². The van der Waals surface area contributed by atoms with Crippen LogP contribution in [0.3, 0.4) is 0 Å². The van der Waals surface area contributed by atoms with Crippen LogP contribution in [-0.2, 0) is 6.54 Å². The summed E-state index contributed by atoms with van der Waals surface area (Å²) >= 11 is 0. The molecule has 0 radical (unpaired) electrons. The normalized spacial score (nSPS) is 15.6. The highest BCUT2D eigenvalue weighted by Crippen LogP contribution is 2.33. The van der Waals surface area contributed by atoms with Crippen LogP contribution in [0.4, 0.5) is 13.2 Å². The molecule has 0 amide bonds. The van der Waals surface area contributed by atoms with E-state index in [1.54, 1.807) is 42.5 Å². The number of rotatable bonds is 5. The molecular formula is C24H21F3N6O. The lowest BCUT2D eigenvalue weighted by atomic mass is 9.91. The number of imidazole rings is 1. The lowest BCUT2D eigenvalue weighted by Gasteiger charge is -2.22. The Labute approximate surface area is 193 Å². The number of hydrogen-bond acceptors (Lipinski definition) is 5. The molecule has 0 fully saturated rings.